The molecule has 0 amide bonds. The lowest BCUT2D eigenvalue weighted by molar-refractivity contribution is 0.0464. The second-order valence-corrected chi connectivity index (χ2v) is 4.20. The molecule has 13 heavy (non-hydrogen) atoms. The van der Waals surface area contributed by atoms with E-state index in [1.165, 1.54) is 11.3 Å². The molecular weight excluding hydrogens is 184 g/mol. The monoisotopic (exact) mass is 196 g/mol. The highest BCUT2D eigenvalue weighted by atomic mass is 32.1. The van der Waals surface area contributed by atoms with E-state index in [1.807, 2.05) is 17.5 Å². The van der Waals surface area contributed by atoms with Crippen molar-refractivity contribution in [3.05, 3.63) is 22.4 Å². The lowest BCUT2D eigenvalue weighted by atomic mass is 9.97. The van der Waals surface area contributed by atoms with Crippen LogP contribution in [0, 0.1) is 5.92 Å². The van der Waals surface area contributed by atoms with E-state index in [-0.39, 0.29) is 11.7 Å². The van der Waals surface area contributed by atoms with Gasteiger partial charge in [-0.25, -0.2) is 0 Å². The largest absolute Gasteiger partial charge is 0.381 e. The fraction of sp³-hybridized carbons (Fsp3) is 0.500. The maximum Gasteiger partial charge on any atom is 0.178 e. The van der Waals surface area contributed by atoms with Gasteiger partial charge in [0, 0.05) is 12.5 Å². The Labute approximate surface area is 81.5 Å². The average molecular weight is 196 g/mol. The van der Waals surface area contributed by atoms with Crippen LogP contribution in [-0.4, -0.2) is 19.0 Å². The number of hydrogen-bond donors (Lipinski definition) is 0. The topological polar surface area (TPSA) is 26.3 Å². The first-order chi connectivity index (χ1) is 6.38. The molecule has 1 fully saturated rings. The van der Waals surface area contributed by atoms with Crippen molar-refractivity contribution in [3.8, 4) is 0 Å². The van der Waals surface area contributed by atoms with Crippen LogP contribution in [0.3, 0.4) is 0 Å². The first-order valence-electron chi connectivity index (χ1n) is 4.53. The fourth-order valence-corrected chi connectivity index (χ4v) is 2.31. The highest BCUT2D eigenvalue weighted by molar-refractivity contribution is 7.12. The molecule has 2 rings (SSSR count). The molecule has 3 heteroatoms. The normalized spacial score (nSPS) is 22.9. The molecule has 2 nitrogen and oxygen atoms in total. The predicted molar refractivity (Wildman–Crippen MR) is 52.2 cm³/mol. The summed E-state index contributed by atoms with van der Waals surface area (Å²) in [6.45, 7) is 1.42. The quantitative estimate of drug-likeness (QED) is 0.679. The SMILES string of the molecule is O=C(c1cccs1)C1CCCOC1. The number of Topliss-reactive ketones (excluding diaryl/α,β-unsaturated/α-hetero) is 1. The van der Waals surface area contributed by atoms with E-state index in [0.29, 0.717) is 6.61 Å². The number of hydrogen-bond acceptors (Lipinski definition) is 3. The van der Waals surface area contributed by atoms with Crippen molar-refractivity contribution in [3.63, 3.8) is 0 Å². The molecule has 0 spiro atoms. The molecule has 1 aromatic rings. The molecule has 1 atom stereocenters. The zero-order chi connectivity index (χ0) is 9.10. The minimum atomic E-state index is 0.104. The summed E-state index contributed by atoms with van der Waals surface area (Å²) >= 11 is 1.52. The van der Waals surface area contributed by atoms with Gasteiger partial charge in [0.15, 0.2) is 5.78 Å². The molecule has 0 N–H and O–H groups in total. The average Bonchev–Trinajstić information content (AvgIpc) is 2.71. The maximum absolute atomic E-state index is 11.8. The number of ether oxygens (including phenoxy) is 1. The Morgan fingerprint density at radius 3 is 3.15 bits per heavy atom. The summed E-state index contributed by atoms with van der Waals surface area (Å²) in [4.78, 5) is 12.7. The Kier molecular flexibility index (Phi) is 2.76. The second kappa shape index (κ2) is 4.03. The van der Waals surface area contributed by atoms with Gasteiger partial charge in [0.25, 0.3) is 0 Å². The van der Waals surface area contributed by atoms with Crippen molar-refractivity contribution < 1.29 is 9.53 Å². The van der Waals surface area contributed by atoms with Gasteiger partial charge in [0.05, 0.1) is 11.5 Å². The summed E-state index contributed by atoms with van der Waals surface area (Å²) in [6.07, 6.45) is 2.00. The van der Waals surface area contributed by atoms with Gasteiger partial charge in [-0.3, -0.25) is 4.79 Å². The van der Waals surface area contributed by atoms with Gasteiger partial charge in [-0.15, -0.1) is 11.3 Å². The zero-order valence-corrected chi connectivity index (χ0v) is 8.18. The summed E-state index contributed by atoms with van der Waals surface area (Å²) in [7, 11) is 0. The molecule has 0 radical (unpaired) electrons. The first-order valence-corrected chi connectivity index (χ1v) is 5.41. The van der Waals surface area contributed by atoms with Crippen LogP contribution in [-0.2, 0) is 4.74 Å². The van der Waals surface area contributed by atoms with Crippen LogP contribution in [0.15, 0.2) is 17.5 Å². The van der Waals surface area contributed by atoms with Crippen molar-refractivity contribution in [2.75, 3.05) is 13.2 Å². The van der Waals surface area contributed by atoms with Crippen molar-refractivity contribution in [2.45, 2.75) is 12.8 Å². The Morgan fingerprint density at radius 2 is 2.54 bits per heavy atom. The van der Waals surface area contributed by atoms with Crippen LogP contribution in [0.4, 0.5) is 0 Å². The Bertz CT molecular complexity index is 273. The molecule has 1 aliphatic heterocycles. The van der Waals surface area contributed by atoms with E-state index in [1.54, 1.807) is 0 Å². The molecule has 1 aromatic heterocycles. The lowest BCUT2D eigenvalue weighted by Crippen LogP contribution is -2.24. The predicted octanol–water partition coefficient (Wildman–Crippen LogP) is 2.36. The van der Waals surface area contributed by atoms with Gasteiger partial charge < -0.3 is 4.74 Å². The fourth-order valence-electron chi connectivity index (χ4n) is 1.57. The van der Waals surface area contributed by atoms with Crippen molar-refractivity contribution >= 4 is 17.1 Å². The summed E-state index contributed by atoms with van der Waals surface area (Å²) in [5.74, 6) is 0.363. The molecule has 1 aliphatic rings. The first kappa shape index (κ1) is 8.91. The van der Waals surface area contributed by atoms with Crippen molar-refractivity contribution in [1.29, 1.82) is 0 Å². The van der Waals surface area contributed by atoms with Crippen LogP contribution in [0.2, 0.25) is 0 Å². The number of rotatable bonds is 2. The van der Waals surface area contributed by atoms with Crippen LogP contribution in [0.1, 0.15) is 22.5 Å². The van der Waals surface area contributed by atoms with Crippen LogP contribution >= 0.6 is 11.3 Å². The summed E-state index contributed by atoms with van der Waals surface area (Å²) in [5, 5.41) is 1.94. The molecule has 0 saturated carbocycles. The Morgan fingerprint density at radius 1 is 1.62 bits per heavy atom. The van der Waals surface area contributed by atoms with Gasteiger partial charge in [-0.05, 0) is 24.3 Å². The van der Waals surface area contributed by atoms with E-state index in [2.05, 4.69) is 0 Å². The van der Waals surface area contributed by atoms with Gasteiger partial charge in [-0.1, -0.05) is 6.07 Å². The molecule has 0 aliphatic carbocycles. The lowest BCUT2D eigenvalue weighted by Gasteiger charge is -2.19. The maximum atomic E-state index is 11.8. The third-order valence-corrected chi connectivity index (χ3v) is 3.18. The third-order valence-electron chi connectivity index (χ3n) is 2.30. The molecule has 0 aromatic carbocycles. The van der Waals surface area contributed by atoms with Gasteiger partial charge in [-0.2, -0.15) is 0 Å². The van der Waals surface area contributed by atoms with Crippen molar-refractivity contribution in [1.82, 2.24) is 0 Å². The number of thiophene rings is 1. The summed E-state index contributed by atoms with van der Waals surface area (Å²) in [6, 6.07) is 3.81. The third kappa shape index (κ3) is 1.98. The van der Waals surface area contributed by atoms with E-state index >= 15 is 0 Å². The van der Waals surface area contributed by atoms with Gasteiger partial charge in [0.1, 0.15) is 0 Å². The summed E-state index contributed by atoms with van der Waals surface area (Å²) < 4.78 is 5.29. The van der Waals surface area contributed by atoms with Crippen LogP contribution < -0.4 is 0 Å². The molecule has 70 valence electrons. The molecule has 1 unspecified atom stereocenters. The highest BCUT2D eigenvalue weighted by Gasteiger charge is 2.23. The zero-order valence-electron chi connectivity index (χ0n) is 7.36. The molecule has 2 heterocycles. The van der Waals surface area contributed by atoms with Crippen LogP contribution in [0.25, 0.3) is 0 Å². The van der Waals surface area contributed by atoms with Gasteiger partial charge in [0.2, 0.25) is 0 Å². The highest BCUT2D eigenvalue weighted by Crippen LogP contribution is 2.21. The smallest absolute Gasteiger partial charge is 0.178 e. The molecule has 0 bridgehead atoms. The standard InChI is InChI=1S/C10H12O2S/c11-10(9-4-2-6-13-9)8-3-1-5-12-7-8/h2,4,6,8H,1,3,5,7H2. The summed E-state index contributed by atoms with van der Waals surface area (Å²) in [5.41, 5.74) is 0. The molecule has 1 saturated heterocycles. The molecular formula is C10H12O2S. The van der Waals surface area contributed by atoms with Crippen LogP contribution in [0.5, 0.6) is 0 Å². The number of carbonyl (C=O) groups is 1. The number of ketones is 1. The van der Waals surface area contributed by atoms with E-state index in [9.17, 15) is 4.79 Å². The van der Waals surface area contributed by atoms with Gasteiger partial charge >= 0.3 is 0 Å². The minimum Gasteiger partial charge on any atom is -0.381 e. The van der Waals surface area contributed by atoms with E-state index in [4.69, 9.17) is 4.74 Å². The number of carbonyl (C=O) groups excluding carboxylic acids is 1. The van der Waals surface area contributed by atoms with E-state index in [0.717, 1.165) is 24.3 Å². The van der Waals surface area contributed by atoms with E-state index < -0.39 is 0 Å². The van der Waals surface area contributed by atoms with Crippen molar-refractivity contribution in [2.24, 2.45) is 5.92 Å². The Balaban J connectivity index is 2.04. The second-order valence-electron chi connectivity index (χ2n) is 3.26. The Hall–Kier alpha value is -0.670. The minimum absolute atomic E-state index is 0.104.